The van der Waals surface area contributed by atoms with E-state index in [0.29, 0.717) is 22.6 Å². The van der Waals surface area contributed by atoms with Crippen molar-refractivity contribution >= 4 is 29.3 Å². The average Bonchev–Trinajstić information content (AvgIpc) is 2.26. The molecule has 0 aliphatic heterocycles. The topological polar surface area (TPSA) is 46.2 Å². The second kappa shape index (κ2) is 6.81. The van der Waals surface area contributed by atoms with Crippen LogP contribution in [-0.4, -0.2) is 28.2 Å². The highest BCUT2D eigenvalue weighted by molar-refractivity contribution is 7.84. The van der Waals surface area contributed by atoms with Gasteiger partial charge < -0.3 is 5.32 Å². The van der Waals surface area contributed by atoms with Crippen molar-refractivity contribution in [3.8, 4) is 0 Å². The van der Waals surface area contributed by atoms with Gasteiger partial charge in [-0.1, -0.05) is 12.1 Å². The zero-order valence-corrected chi connectivity index (χ0v) is 11.7. The van der Waals surface area contributed by atoms with Gasteiger partial charge in [0.2, 0.25) is 0 Å². The Morgan fingerprint density at radius 3 is 2.71 bits per heavy atom. The van der Waals surface area contributed by atoms with Crippen molar-refractivity contribution in [3.63, 3.8) is 0 Å². The Kier molecular flexibility index (Phi) is 5.71. The Labute approximate surface area is 110 Å². The molecule has 0 aromatic heterocycles. The summed E-state index contributed by atoms with van der Waals surface area (Å²) < 4.78 is 10.9. The number of carbonyl (C=O) groups excluding carboxylic acids is 1. The predicted molar refractivity (Wildman–Crippen MR) is 74.2 cm³/mol. The summed E-state index contributed by atoms with van der Waals surface area (Å²) in [5.41, 5.74) is 0.570. The van der Waals surface area contributed by atoms with E-state index in [9.17, 15) is 9.00 Å². The minimum Gasteiger partial charge on any atom is -0.350 e. The highest BCUT2D eigenvalue weighted by atomic mass is 32.2. The molecule has 1 amide bonds. The van der Waals surface area contributed by atoms with E-state index in [0.717, 1.165) is 0 Å². The molecule has 2 unspecified atom stereocenters. The molecule has 1 N–H and O–H groups in total. The normalized spacial score (nSPS) is 14.1. The van der Waals surface area contributed by atoms with Gasteiger partial charge >= 0.3 is 0 Å². The second-order valence-corrected chi connectivity index (χ2v) is 5.99. The van der Waals surface area contributed by atoms with Crippen molar-refractivity contribution in [1.29, 1.82) is 0 Å². The molecule has 0 heterocycles. The average molecular weight is 271 g/mol. The van der Waals surface area contributed by atoms with Gasteiger partial charge in [0, 0.05) is 33.7 Å². The largest absolute Gasteiger partial charge is 0.350 e. The number of carbonyl (C=O) groups is 1. The molecule has 0 saturated heterocycles. The standard InChI is InChI=1S/C12H17NO2S2/c1-9(7-8-17(2)15)13-12(14)10-5-3-4-6-11(10)16/h3-6,9,16H,7-8H2,1-2H3,(H,13,14). The van der Waals surface area contributed by atoms with Gasteiger partial charge in [0.05, 0.1) is 5.56 Å². The first-order valence-electron chi connectivity index (χ1n) is 5.39. The lowest BCUT2D eigenvalue weighted by Crippen LogP contribution is -2.33. The van der Waals surface area contributed by atoms with Crippen LogP contribution in [0.4, 0.5) is 0 Å². The molecule has 0 aliphatic rings. The van der Waals surface area contributed by atoms with Crippen LogP contribution in [0.3, 0.4) is 0 Å². The van der Waals surface area contributed by atoms with E-state index >= 15 is 0 Å². The van der Waals surface area contributed by atoms with E-state index in [1.54, 1.807) is 24.5 Å². The van der Waals surface area contributed by atoms with Crippen LogP contribution >= 0.6 is 12.6 Å². The number of rotatable bonds is 5. The van der Waals surface area contributed by atoms with Crippen LogP contribution in [0.25, 0.3) is 0 Å². The molecule has 0 bridgehead atoms. The third-order valence-corrected chi connectivity index (χ3v) is 3.57. The molecule has 0 radical (unpaired) electrons. The van der Waals surface area contributed by atoms with Gasteiger partial charge in [0.1, 0.15) is 0 Å². The van der Waals surface area contributed by atoms with E-state index in [1.165, 1.54) is 0 Å². The van der Waals surface area contributed by atoms with E-state index in [-0.39, 0.29) is 11.9 Å². The number of amides is 1. The van der Waals surface area contributed by atoms with Crippen molar-refractivity contribution in [2.45, 2.75) is 24.3 Å². The van der Waals surface area contributed by atoms with Gasteiger partial charge in [-0.3, -0.25) is 9.00 Å². The van der Waals surface area contributed by atoms with Crippen LogP contribution in [0.1, 0.15) is 23.7 Å². The lowest BCUT2D eigenvalue weighted by Gasteiger charge is -2.13. The Bertz CT molecular complexity index is 421. The van der Waals surface area contributed by atoms with Crippen molar-refractivity contribution in [1.82, 2.24) is 5.32 Å². The molecule has 0 spiro atoms. The van der Waals surface area contributed by atoms with Crippen LogP contribution in [0.15, 0.2) is 29.2 Å². The Morgan fingerprint density at radius 1 is 1.47 bits per heavy atom. The maximum atomic E-state index is 11.9. The van der Waals surface area contributed by atoms with Crippen LogP contribution in [0.2, 0.25) is 0 Å². The van der Waals surface area contributed by atoms with Gasteiger partial charge in [0.15, 0.2) is 0 Å². The monoisotopic (exact) mass is 271 g/mol. The van der Waals surface area contributed by atoms with Gasteiger partial charge in [-0.15, -0.1) is 12.6 Å². The van der Waals surface area contributed by atoms with Crippen molar-refractivity contribution in [2.24, 2.45) is 0 Å². The maximum absolute atomic E-state index is 11.9. The second-order valence-electron chi connectivity index (χ2n) is 3.96. The lowest BCUT2D eigenvalue weighted by molar-refractivity contribution is 0.0936. The predicted octanol–water partition coefficient (Wildman–Crippen LogP) is 1.86. The van der Waals surface area contributed by atoms with Gasteiger partial charge in [-0.2, -0.15) is 0 Å². The maximum Gasteiger partial charge on any atom is 0.252 e. The van der Waals surface area contributed by atoms with E-state index < -0.39 is 10.8 Å². The number of benzene rings is 1. The summed E-state index contributed by atoms with van der Waals surface area (Å²) in [5.74, 6) is 0.467. The highest BCUT2D eigenvalue weighted by Gasteiger charge is 2.11. The van der Waals surface area contributed by atoms with Crippen LogP contribution in [0, 0.1) is 0 Å². The van der Waals surface area contributed by atoms with Crippen LogP contribution in [0.5, 0.6) is 0 Å². The molecule has 94 valence electrons. The molecule has 0 fully saturated rings. The third kappa shape index (κ3) is 4.91. The number of hydrogen-bond acceptors (Lipinski definition) is 3. The summed E-state index contributed by atoms with van der Waals surface area (Å²) in [7, 11) is -0.816. The van der Waals surface area contributed by atoms with Gasteiger partial charge in [0.25, 0.3) is 5.91 Å². The van der Waals surface area contributed by atoms with Crippen molar-refractivity contribution < 1.29 is 9.00 Å². The molecule has 1 aromatic rings. The van der Waals surface area contributed by atoms with E-state index in [2.05, 4.69) is 17.9 Å². The molecule has 3 nitrogen and oxygen atoms in total. The minimum atomic E-state index is -0.816. The molecule has 5 heteroatoms. The molecule has 0 aliphatic carbocycles. The summed E-state index contributed by atoms with van der Waals surface area (Å²) in [6, 6.07) is 7.18. The first-order valence-corrected chi connectivity index (χ1v) is 7.57. The number of nitrogens with one attached hydrogen (secondary N) is 1. The smallest absolute Gasteiger partial charge is 0.252 e. The molecular weight excluding hydrogens is 254 g/mol. The summed E-state index contributed by atoms with van der Waals surface area (Å²) in [4.78, 5) is 12.5. The molecule has 1 aromatic carbocycles. The SMILES string of the molecule is CC(CCS(C)=O)NC(=O)c1ccccc1S. The highest BCUT2D eigenvalue weighted by Crippen LogP contribution is 2.12. The molecule has 0 saturated carbocycles. The molecule has 2 atom stereocenters. The molecule has 17 heavy (non-hydrogen) atoms. The summed E-state index contributed by atoms with van der Waals surface area (Å²) >= 11 is 4.24. The fraction of sp³-hybridized carbons (Fsp3) is 0.417. The van der Waals surface area contributed by atoms with Crippen molar-refractivity contribution in [3.05, 3.63) is 29.8 Å². The van der Waals surface area contributed by atoms with Crippen LogP contribution < -0.4 is 5.32 Å². The summed E-state index contributed by atoms with van der Waals surface area (Å²) in [6.45, 7) is 1.91. The van der Waals surface area contributed by atoms with E-state index in [4.69, 9.17) is 0 Å². The van der Waals surface area contributed by atoms with Gasteiger partial charge in [-0.25, -0.2) is 0 Å². The number of thiol groups is 1. The quantitative estimate of drug-likeness (QED) is 0.803. The lowest BCUT2D eigenvalue weighted by atomic mass is 10.2. The molecular formula is C12H17NO2S2. The van der Waals surface area contributed by atoms with Crippen LogP contribution in [-0.2, 0) is 10.8 Å². The zero-order chi connectivity index (χ0) is 12.8. The Hall–Kier alpha value is -0.810. The fourth-order valence-corrected chi connectivity index (χ4v) is 2.33. The first kappa shape index (κ1) is 14.3. The number of hydrogen-bond donors (Lipinski definition) is 2. The fourth-order valence-electron chi connectivity index (χ4n) is 1.38. The summed E-state index contributed by atoms with van der Waals surface area (Å²) in [5, 5.41) is 2.87. The van der Waals surface area contributed by atoms with Crippen molar-refractivity contribution in [2.75, 3.05) is 12.0 Å². The van der Waals surface area contributed by atoms with Gasteiger partial charge in [-0.05, 0) is 25.5 Å². The minimum absolute atomic E-state index is 0.0133. The third-order valence-electron chi connectivity index (χ3n) is 2.36. The first-order chi connectivity index (χ1) is 8.00. The molecule has 1 rings (SSSR count). The Balaban J connectivity index is 2.55. The van der Waals surface area contributed by atoms with E-state index in [1.807, 2.05) is 13.0 Å². The Morgan fingerprint density at radius 2 is 2.12 bits per heavy atom. The summed E-state index contributed by atoms with van der Waals surface area (Å²) in [6.07, 6.45) is 2.38. The zero-order valence-electron chi connectivity index (χ0n) is 9.97.